The summed E-state index contributed by atoms with van der Waals surface area (Å²) in [5.74, 6) is -0.692. The highest BCUT2D eigenvalue weighted by Crippen LogP contribution is 2.40. The van der Waals surface area contributed by atoms with E-state index in [-0.39, 0.29) is 28.6 Å². The summed E-state index contributed by atoms with van der Waals surface area (Å²) in [5, 5.41) is 2.96. The molecule has 5 heteroatoms. The van der Waals surface area contributed by atoms with Crippen LogP contribution in [0.3, 0.4) is 0 Å². The molecule has 0 aromatic heterocycles. The molecule has 3 N–H and O–H groups in total. The molecular weight excluding hydrogens is 316 g/mol. The van der Waals surface area contributed by atoms with E-state index in [9.17, 15) is 9.59 Å². The number of nitrogens with one attached hydrogen (secondary N) is 1. The maximum Gasteiger partial charge on any atom is 0.329 e. The number of rotatable bonds is 7. The fourth-order valence-electron chi connectivity index (χ4n) is 3.46. The molecule has 0 saturated carbocycles. The summed E-state index contributed by atoms with van der Waals surface area (Å²) in [6, 6.07) is -0.634. The van der Waals surface area contributed by atoms with Gasteiger partial charge in [0.25, 0.3) is 0 Å². The smallest absolute Gasteiger partial charge is 0.329 e. The van der Waals surface area contributed by atoms with E-state index in [2.05, 4.69) is 46.9 Å². The number of carbonyl (C=O) groups excluding carboxylic acids is 2. The van der Waals surface area contributed by atoms with Crippen LogP contribution < -0.4 is 11.1 Å². The van der Waals surface area contributed by atoms with Crippen LogP contribution in [0.1, 0.15) is 81.6 Å². The Morgan fingerprint density at radius 1 is 0.920 bits per heavy atom. The molecule has 5 nitrogen and oxygen atoms in total. The van der Waals surface area contributed by atoms with E-state index in [0.29, 0.717) is 13.0 Å². The van der Waals surface area contributed by atoms with Crippen LogP contribution in [0.4, 0.5) is 0 Å². The monoisotopic (exact) mass is 356 g/mol. The van der Waals surface area contributed by atoms with Crippen molar-refractivity contribution in [1.29, 1.82) is 0 Å². The highest BCUT2D eigenvalue weighted by atomic mass is 16.6. The third-order valence-electron chi connectivity index (χ3n) is 3.95. The second kappa shape index (κ2) is 9.02. The van der Waals surface area contributed by atoms with Gasteiger partial charge in [-0.1, -0.05) is 41.5 Å². The van der Waals surface area contributed by atoms with Gasteiger partial charge in [-0.2, -0.15) is 0 Å². The van der Waals surface area contributed by atoms with E-state index in [0.717, 1.165) is 12.8 Å². The van der Waals surface area contributed by atoms with Gasteiger partial charge < -0.3 is 15.8 Å². The molecule has 0 aliphatic rings. The predicted octanol–water partition coefficient (Wildman–Crippen LogP) is 3.65. The number of carbonyl (C=O) groups is 2. The Bertz CT molecular complexity index is 425. The first-order valence-electron chi connectivity index (χ1n) is 9.33. The van der Waals surface area contributed by atoms with Crippen LogP contribution in [0, 0.1) is 16.7 Å². The van der Waals surface area contributed by atoms with Gasteiger partial charge in [0.1, 0.15) is 11.6 Å². The van der Waals surface area contributed by atoms with Crippen LogP contribution in [-0.2, 0) is 14.3 Å². The molecular formula is C20H40N2O3. The van der Waals surface area contributed by atoms with Gasteiger partial charge in [0.15, 0.2) is 0 Å². The maximum absolute atomic E-state index is 13.0. The van der Waals surface area contributed by atoms with E-state index in [1.807, 2.05) is 20.8 Å². The lowest BCUT2D eigenvalue weighted by atomic mass is 9.66. The molecule has 0 aromatic carbocycles. The highest BCUT2D eigenvalue weighted by Gasteiger charge is 2.41. The lowest BCUT2D eigenvalue weighted by Crippen LogP contribution is -2.51. The van der Waals surface area contributed by atoms with Crippen LogP contribution in [0.5, 0.6) is 0 Å². The summed E-state index contributed by atoms with van der Waals surface area (Å²) >= 11 is 0. The van der Waals surface area contributed by atoms with Crippen LogP contribution in [-0.4, -0.2) is 30.1 Å². The minimum absolute atomic E-state index is 0.0939. The third-order valence-corrected chi connectivity index (χ3v) is 3.95. The molecule has 1 amide bonds. The quantitative estimate of drug-likeness (QED) is 0.539. The van der Waals surface area contributed by atoms with Crippen LogP contribution >= 0.6 is 0 Å². The van der Waals surface area contributed by atoms with Gasteiger partial charge in [-0.15, -0.1) is 0 Å². The summed E-state index contributed by atoms with van der Waals surface area (Å²) in [5.41, 5.74) is 4.55. The molecule has 0 aliphatic heterocycles. The van der Waals surface area contributed by atoms with Gasteiger partial charge >= 0.3 is 5.97 Å². The van der Waals surface area contributed by atoms with Gasteiger partial charge in [0.2, 0.25) is 5.91 Å². The standard InChI is InChI=1S/C20H40N2O3/c1-18(2,3)15(19(4,5)6)16(23)22-14(12-10-11-13-21)17(24)25-20(7,8)9/h14-15H,10-13,21H2,1-9H3,(H,22,23)/t14-/m0/s1. The molecule has 0 saturated heterocycles. The Hall–Kier alpha value is -1.10. The summed E-state index contributed by atoms with van der Waals surface area (Å²) < 4.78 is 5.50. The molecule has 1 atom stereocenters. The van der Waals surface area contributed by atoms with Gasteiger partial charge in [0, 0.05) is 5.92 Å². The zero-order valence-electron chi connectivity index (χ0n) is 17.8. The number of nitrogens with two attached hydrogens (primary N) is 1. The minimum Gasteiger partial charge on any atom is -0.458 e. The van der Waals surface area contributed by atoms with Crippen molar-refractivity contribution in [2.75, 3.05) is 6.54 Å². The Morgan fingerprint density at radius 3 is 1.76 bits per heavy atom. The third kappa shape index (κ3) is 9.24. The Kier molecular flexibility index (Phi) is 8.62. The van der Waals surface area contributed by atoms with Gasteiger partial charge in [-0.25, -0.2) is 4.79 Å². The van der Waals surface area contributed by atoms with E-state index in [4.69, 9.17) is 10.5 Å². The van der Waals surface area contributed by atoms with E-state index < -0.39 is 11.6 Å². The van der Waals surface area contributed by atoms with Crippen molar-refractivity contribution >= 4 is 11.9 Å². The highest BCUT2D eigenvalue weighted by molar-refractivity contribution is 5.86. The van der Waals surface area contributed by atoms with Gasteiger partial charge in [-0.05, 0) is 57.4 Å². The van der Waals surface area contributed by atoms with Crippen molar-refractivity contribution in [2.45, 2.75) is 93.2 Å². The molecule has 0 aliphatic carbocycles. The Labute approximate surface area is 154 Å². The SMILES string of the molecule is CC(C)(C)OC(=O)[C@H](CCCCN)NC(=O)C(C(C)(C)C)C(C)(C)C. The molecule has 0 bridgehead atoms. The van der Waals surface area contributed by atoms with Crippen molar-refractivity contribution in [3.05, 3.63) is 0 Å². The zero-order valence-corrected chi connectivity index (χ0v) is 17.8. The maximum atomic E-state index is 13.0. The van der Waals surface area contributed by atoms with Crippen LogP contribution in [0.25, 0.3) is 0 Å². The zero-order chi connectivity index (χ0) is 20.1. The lowest BCUT2D eigenvalue weighted by molar-refractivity contribution is -0.160. The molecule has 0 spiro atoms. The topological polar surface area (TPSA) is 81.4 Å². The largest absolute Gasteiger partial charge is 0.458 e. The molecule has 0 aromatic rings. The van der Waals surface area contributed by atoms with Crippen LogP contribution in [0.15, 0.2) is 0 Å². The predicted molar refractivity (Wildman–Crippen MR) is 103 cm³/mol. The number of ether oxygens (including phenoxy) is 1. The van der Waals surface area contributed by atoms with Crippen molar-refractivity contribution in [3.63, 3.8) is 0 Å². The fraction of sp³-hybridized carbons (Fsp3) is 0.900. The first kappa shape index (κ1) is 23.9. The minimum atomic E-state index is -0.634. The van der Waals surface area contributed by atoms with E-state index >= 15 is 0 Å². The number of unbranched alkanes of at least 4 members (excludes halogenated alkanes) is 1. The van der Waals surface area contributed by atoms with Gasteiger partial charge in [-0.3, -0.25) is 4.79 Å². The fourth-order valence-corrected chi connectivity index (χ4v) is 3.46. The average molecular weight is 357 g/mol. The van der Waals surface area contributed by atoms with Crippen molar-refractivity contribution in [1.82, 2.24) is 5.32 Å². The summed E-state index contributed by atoms with van der Waals surface area (Å²) in [4.78, 5) is 25.5. The lowest BCUT2D eigenvalue weighted by Gasteiger charge is -2.40. The molecule has 0 rings (SSSR count). The van der Waals surface area contributed by atoms with E-state index in [1.165, 1.54) is 0 Å². The first-order chi connectivity index (χ1) is 11.1. The van der Waals surface area contributed by atoms with Gasteiger partial charge in [0.05, 0.1) is 0 Å². The second-order valence-electron chi connectivity index (χ2n) is 10.0. The summed E-state index contributed by atoms with van der Waals surface area (Å²) in [6.07, 6.45) is 2.13. The second-order valence-corrected chi connectivity index (χ2v) is 10.0. The molecule has 0 fully saturated rings. The Balaban J connectivity index is 5.32. The van der Waals surface area contributed by atoms with Crippen molar-refractivity contribution in [2.24, 2.45) is 22.5 Å². The molecule has 148 valence electrons. The average Bonchev–Trinajstić information content (AvgIpc) is 2.31. The molecule has 0 heterocycles. The number of hydrogen-bond acceptors (Lipinski definition) is 4. The van der Waals surface area contributed by atoms with Crippen molar-refractivity contribution in [3.8, 4) is 0 Å². The number of hydrogen-bond donors (Lipinski definition) is 2. The summed E-state index contributed by atoms with van der Waals surface area (Å²) in [7, 11) is 0. The van der Waals surface area contributed by atoms with E-state index in [1.54, 1.807) is 0 Å². The Morgan fingerprint density at radius 2 is 1.40 bits per heavy atom. The molecule has 0 radical (unpaired) electrons. The van der Waals surface area contributed by atoms with Crippen LogP contribution in [0.2, 0.25) is 0 Å². The number of amides is 1. The summed E-state index contributed by atoms with van der Waals surface area (Å²) in [6.45, 7) is 18.4. The molecule has 25 heavy (non-hydrogen) atoms. The number of esters is 1. The molecule has 0 unspecified atom stereocenters. The van der Waals surface area contributed by atoms with Crippen molar-refractivity contribution < 1.29 is 14.3 Å². The first-order valence-corrected chi connectivity index (χ1v) is 9.33. The normalized spacial score (nSPS) is 14.4.